The molecule has 0 spiro atoms. The summed E-state index contributed by atoms with van der Waals surface area (Å²) in [6.45, 7) is 9.97. The quantitative estimate of drug-likeness (QED) is 0.679. The van der Waals surface area contributed by atoms with Gasteiger partial charge in [-0.3, -0.25) is 14.5 Å². The molecule has 1 amide bonds. The number of piperidine rings is 1. The maximum atomic E-state index is 12.1. The van der Waals surface area contributed by atoms with E-state index in [2.05, 4.69) is 18.7 Å². The molecule has 1 heterocycles. The number of amides is 1. The SMILES string of the molecule is CCOC(=O)C1CCN(C(=O)CN(CC)CC)CC1. The Balaban J connectivity index is 2.36. The van der Waals surface area contributed by atoms with Crippen LogP contribution in [0.15, 0.2) is 0 Å². The standard InChI is InChI=1S/C14H26N2O3/c1-4-15(5-2)11-13(17)16-9-7-12(8-10-16)14(18)19-6-3/h12H,4-11H2,1-3H3. The molecule has 0 N–H and O–H groups in total. The number of likely N-dealkylation sites (tertiary alicyclic amines) is 1. The van der Waals surface area contributed by atoms with Gasteiger partial charge in [0, 0.05) is 13.1 Å². The first-order valence-corrected chi connectivity index (χ1v) is 7.29. The van der Waals surface area contributed by atoms with Crippen LogP contribution in [-0.4, -0.2) is 61.0 Å². The van der Waals surface area contributed by atoms with E-state index >= 15 is 0 Å². The van der Waals surface area contributed by atoms with E-state index in [1.54, 1.807) is 0 Å². The molecule has 1 rings (SSSR count). The summed E-state index contributed by atoms with van der Waals surface area (Å²) in [7, 11) is 0. The van der Waals surface area contributed by atoms with E-state index in [1.807, 2.05) is 11.8 Å². The molecule has 1 fully saturated rings. The fourth-order valence-electron chi connectivity index (χ4n) is 2.36. The number of carbonyl (C=O) groups excluding carboxylic acids is 2. The molecule has 0 aromatic carbocycles. The summed E-state index contributed by atoms with van der Waals surface area (Å²) >= 11 is 0. The second-order valence-corrected chi connectivity index (χ2v) is 4.87. The van der Waals surface area contributed by atoms with Gasteiger partial charge in [0.2, 0.25) is 5.91 Å². The zero-order valence-electron chi connectivity index (χ0n) is 12.4. The number of hydrogen-bond donors (Lipinski definition) is 0. The van der Waals surface area contributed by atoms with Crippen molar-refractivity contribution in [2.45, 2.75) is 33.6 Å². The molecule has 1 aliphatic rings. The van der Waals surface area contributed by atoms with Crippen LogP contribution in [0.25, 0.3) is 0 Å². The topological polar surface area (TPSA) is 49.9 Å². The van der Waals surface area contributed by atoms with Crippen LogP contribution >= 0.6 is 0 Å². The van der Waals surface area contributed by atoms with Crippen LogP contribution in [-0.2, 0) is 14.3 Å². The van der Waals surface area contributed by atoms with E-state index in [0.29, 0.717) is 26.2 Å². The minimum atomic E-state index is -0.113. The van der Waals surface area contributed by atoms with Crippen LogP contribution in [0, 0.1) is 5.92 Å². The van der Waals surface area contributed by atoms with Crippen molar-refractivity contribution in [1.82, 2.24) is 9.80 Å². The van der Waals surface area contributed by atoms with Gasteiger partial charge in [0.25, 0.3) is 0 Å². The Labute approximate surface area is 115 Å². The number of nitrogens with zero attached hydrogens (tertiary/aromatic N) is 2. The van der Waals surface area contributed by atoms with Gasteiger partial charge in [-0.15, -0.1) is 0 Å². The monoisotopic (exact) mass is 270 g/mol. The molecule has 0 aromatic rings. The third-order valence-electron chi connectivity index (χ3n) is 3.72. The fraction of sp³-hybridized carbons (Fsp3) is 0.857. The normalized spacial score (nSPS) is 16.7. The molecule has 0 bridgehead atoms. The molecular weight excluding hydrogens is 244 g/mol. The summed E-state index contributed by atoms with van der Waals surface area (Å²) in [6.07, 6.45) is 1.45. The second-order valence-electron chi connectivity index (χ2n) is 4.87. The van der Waals surface area contributed by atoms with E-state index < -0.39 is 0 Å². The summed E-state index contributed by atoms with van der Waals surface area (Å²) < 4.78 is 5.03. The average Bonchev–Trinajstić information content (AvgIpc) is 2.45. The fourth-order valence-corrected chi connectivity index (χ4v) is 2.36. The lowest BCUT2D eigenvalue weighted by Crippen LogP contribution is -2.45. The van der Waals surface area contributed by atoms with Gasteiger partial charge in [-0.1, -0.05) is 13.8 Å². The number of esters is 1. The Kier molecular flexibility index (Phi) is 6.84. The number of rotatable bonds is 6. The van der Waals surface area contributed by atoms with Gasteiger partial charge in [0.15, 0.2) is 0 Å². The van der Waals surface area contributed by atoms with Gasteiger partial charge in [-0.2, -0.15) is 0 Å². The predicted molar refractivity (Wildman–Crippen MR) is 73.7 cm³/mol. The Bertz CT molecular complexity index is 295. The molecule has 0 aromatic heterocycles. The molecule has 19 heavy (non-hydrogen) atoms. The molecule has 0 unspecified atom stereocenters. The van der Waals surface area contributed by atoms with Crippen molar-refractivity contribution in [3.8, 4) is 0 Å². The van der Waals surface area contributed by atoms with Crippen molar-refractivity contribution in [3.05, 3.63) is 0 Å². The van der Waals surface area contributed by atoms with Crippen LogP contribution < -0.4 is 0 Å². The van der Waals surface area contributed by atoms with Crippen molar-refractivity contribution in [3.63, 3.8) is 0 Å². The maximum absolute atomic E-state index is 12.1. The van der Waals surface area contributed by atoms with Gasteiger partial charge in [0.1, 0.15) is 0 Å². The minimum absolute atomic E-state index is 0.0301. The predicted octanol–water partition coefficient (Wildman–Crippen LogP) is 1.13. The van der Waals surface area contributed by atoms with Crippen molar-refractivity contribution in [2.24, 2.45) is 5.92 Å². The molecule has 1 saturated heterocycles. The highest BCUT2D eigenvalue weighted by Crippen LogP contribution is 2.18. The van der Waals surface area contributed by atoms with Crippen molar-refractivity contribution >= 4 is 11.9 Å². The van der Waals surface area contributed by atoms with E-state index in [1.165, 1.54) is 0 Å². The van der Waals surface area contributed by atoms with Crippen LogP contribution in [0.4, 0.5) is 0 Å². The van der Waals surface area contributed by atoms with Crippen molar-refractivity contribution < 1.29 is 14.3 Å². The first-order chi connectivity index (χ1) is 9.12. The van der Waals surface area contributed by atoms with E-state index in [4.69, 9.17) is 4.74 Å². The number of hydrogen-bond acceptors (Lipinski definition) is 4. The highest BCUT2D eigenvalue weighted by atomic mass is 16.5. The molecular formula is C14H26N2O3. The molecule has 110 valence electrons. The zero-order valence-corrected chi connectivity index (χ0v) is 12.4. The molecule has 0 aliphatic carbocycles. The Morgan fingerprint density at radius 1 is 1.16 bits per heavy atom. The highest BCUT2D eigenvalue weighted by Gasteiger charge is 2.28. The van der Waals surface area contributed by atoms with Gasteiger partial charge in [-0.25, -0.2) is 0 Å². The van der Waals surface area contributed by atoms with E-state index in [0.717, 1.165) is 25.9 Å². The molecule has 1 aliphatic heterocycles. The largest absolute Gasteiger partial charge is 0.466 e. The van der Waals surface area contributed by atoms with Crippen molar-refractivity contribution in [1.29, 1.82) is 0 Å². The highest BCUT2D eigenvalue weighted by molar-refractivity contribution is 5.79. The Morgan fingerprint density at radius 2 is 1.74 bits per heavy atom. The summed E-state index contributed by atoms with van der Waals surface area (Å²) in [5.74, 6) is 0.0294. The summed E-state index contributed by atoms with van der Waals surface area (Å²) in [5.41, 5.74) is 0. The van der Waals surface area contributed by atoms with Crippen LogP contribution in [0.3, 0.4) is 0 Å². The molecule has 5 nitrogen and oxygen atoms in total. The zero-order chi connectivity index (χ0) is 14.3. The van der Waals surface area contributed by atoms with Gasteiger partial charge in [-0.05, 0) is 32.9 Å². The first kappa shape index (κ1) is 16.0. The van der Waals surface area contributed by atoms with Crippen LogP contribution in [0.2, 0.25) is 0 Å². The molecule has 0 atom stereocenters. The third-order valence-corrected chi connectivity index (χ3v) is 3.72. The molecule has 0 saturated carbocycles. The smallest absolute Gasteiger partial charge is 0.309 e. The van der Waals surface area contributed by atoms with Crippen molar-refractivity contribution in [2.75, 3.05) is 39.3 Å². The molecule has 5 heteroatoms. The summed E-state index contributed by atoms with van der Waals surface area (Å²) in [5, 5.41) is 0. The van der Waals surface area contributed by atoms with E-state index in [-0.39, 0.29) is 17.8 Å². The van der Waals surface area contributed by atoms with Gasteiger partial charge < -0.3 is 9.64 Å². The lowest BCUT2D eigenvalue weighted by Gasteiger charge is -2.32. The lowest BCUT2D eigenvalue weighted by molar-refractivity contribution is -0.151. The summed E-state index contributed by atoms with van der Waals surface area (Å²) in [4.78, 5) is 27.7. The maximum Gasteiger partial charge on any atom is 0.309 e. The number of likely N-dealkylation sites (N-methyl/N-ethyl adjacent to an activating group) is 1. The lowest BCUT2D eigenvalue weighted by atomic mass is 9.97. The second kappa shape index (κ2) is 8.15. The van der Waals surface area contributed by atoms with Gasteiger partial charge >= 0.3 is 5.97 Å². The Morgan fingerprint density at radius 3 is 2.21 bits per heavy atom. The number of ether oxygens (including phenoxy) is 1. The summed E-state index contributed by atoms with van der Waals surface area (Å²) in [6, 6.07) is 0. The van der Waals surface area contributed by atoms with Crippen LogP contribution in [0.1, 0.15) is 33.6 Å². The third kappa shape index (κ3) is 4.82. The number of carbonyl (C=O) groups is 2. The first-order valence-electron chi connectivity index (χ1n) is 7.29. The van der Waals surface area contributed by atoms with Gasteiger partial charge in [0.05, 0.1) is 19.1 Å². The Hall–Kier alpha value is -1.10. The minimum Gasteiger partial charge on any atom is -0.466 e. The average molecular weight is 270 g/mol. The molecule has 0 radical (unpaired) electrons. The van der Waals surface area contributed by atoms with Crippen LogP contribution in [0.5, 0.6) is 0 Å². The van der Waals surface area contributed by atoms with E-state index in [9.17, 15) is 9.59 Å².